The molecule has 3 aliphatic heterocycles. The molecule has 0 saturated carbocycles. The fourth-order valence-corrected chi connectivity index (χ4v) is 5.08. The number of carbonyl (C=O) groups excluding carboxylic acids is 4. The lowest BCUT2D eigenvalue weighted by atomic mass is 9.99. The van der Waals surface area contributed by atoms with Crippen LogP contribution < -0.4 is 21.3 Å². The molecule has 8 atom stereocenters. The zero-order chi connectivity index (χ0) is 28.5. The maximum Gasteiger partial charge on any atom is 0.243 e. The van der Waals surface area contributed by atoms with Crippen molar-refractivity contribution in [1.29, 1.82) is 0 Å². The molecule has 39 heavy (non-hydrogen) atoms. The van der Waals surface area contributed by atoms with Gasteiger partial charge in [0.05, 0.1) is 6.04 Å². The summed E-state index contributed by atoms with van der Waals surface area (Å²) in [5.74, 6) is -3.43. The van der Waals surface area contributed by atoms with E-state index in [4.69, 9.17) is 14.2 Å². The molecule has 0 bridgehead atoms. The van der Waals surface area contributed by atoms with E-state index < -0.39 is 78.2 Å². The van der Waals surface area contributed by atoms with Crippen molar-refractivity contribution < 1.29 is 38.5 Å². The molecule has 12 heteroatoms. The molecule has 0 radical (unpaired) electrons. The van der Waals surface area contributed by atoms with Gasteiger partial charge in [0.1, 0.15) is 36.4 Å². The molecule has 12 nitrogen and oxygen atoms in total. The van der Waals surface area contributed by atoms with E-state index >= 15 is 0 Å². The Balaban J connectivity index is 1.61. The molecular weight excluding hydrogens is 508 g/mol. The highest BCUT2D eigenvalue weighted by atomic mass is 16.8. The van der Waals surface area contributed by atoms with Gasteiger partial charge in [-0.05, 0) is 32.3 Å². The van der Waals surface area contributed by atoms with Crippen LogP contribution in [0.1, 0.15) is 46.6 Å². The molecule has 1 aromatic carbocycles. The molecule has 1 aromatic rings. The van der Waals surface area contributed by atoms with Crippen molar-refractivity contribution in [2.24, 2.45) is 5.92 Å². The number of hydrogen-bond donors (Lipinski definition) is 5. The van der Waals surface area contributed by atoms with Gasteiger partial charge >= 0.3 is 0 Å². The van der Waals surface area contributed by atoms with Gasteiger partial charge in [0.15, 0.2) is 12.1 Å². The number of rotatable bonds is 4. The lowest BCUT2D eigenvalue weighted by Crippen LogP contribution is -2.58. The zero-order valence-corrected chi connectivity index (χ0v) is 22.8. The van der Waals surface area contributed by atoms with Crippen LogP contribution in [0.4, 0.5) is 0 Å². The Bertz CT molecular complexity index is 1080. The smallest absolute Gasteiger partial charge is 0.243 e. The third kappa shape index (κ3) is 6.75. The fourth-order valence-electron chi connectivity index (χ4n) is 5.08. The van der Waals surface area contributed by atoms with Gasteiger partial charge in [-0.3, -0.25) is 19.2 Å². The van der Waals surface area contributed by atoms with E-state index in [2.05, 4.69) is 21.3 Å². The lowest BCUT2D eigenvalue weighted by molar-refractivity contribution is -0.218. The summed E-state index contributed by atoms with van der Waals surface area (Å²) in [4.78, 5) is 52.8. The summed E-state index contributed by atoms with van der Waals surface area (Å²) in [5, 5.41) is 21.9. The van der Waals surface area contributed by atoms with Gasteiger partial charge in [0, 0.05) is 12.8 Å². The number of nitrogens with one attached hydrogen (secondary N) is 4. The Morgan fingerprint density at radius 1 is 0.923 bits per heavy atom. The number of fused-ring (bicyclic) bond motifs is 1. The van der Waals surface area contributed by atoms with Gasteiger partial charge in [-0.15, -0.1) is 0 Å². The zero-order valence-electron chi connectivity index (χ0n) is 22.8. The first-order valence-electron chi connectivity index (χ1n) is 13.3. The summed E-state index contributed by atoms with van der Waals surface area (Å²) in [7, 11) is 0. The molecule has 5 N–H and O–H groups in total. The summed E-state index contributed by atoms with van der Waals surface area (Å²) >= 11 is 0. The third-order valence-electron chi connectivity index (χ3n) is 7.12. The van der Waals surface area contributed by atoms with Crippen molar-refractivity contribution in [3.63, 3.8) is 0 Å². The van der Waals surface area contributed by atoms with Crippen molar-refractivity contribution in [1.82, 2.24) is 21.3 Å². The quantitative estimate of drug-likeness (QED) is 0.337. The van der Waals surface area contributed by atoms with Crippen molar-refractivity contribution >= 4 is 23.6 Å². The maximum absolute atomic E-state index is 13.4. The van der Waals surface area contributed by atoms with Gasteiger partial charge in [-0.1, -0.05) is 44.2 Å². The Morgan fingerprint density at radius 3 is 2.26 bits per heavy atom. The lowest BCUT2D eigenvalue weighted by Gasteiger charge is -2.30. The van der Waals surface area contributed by atoms with Crippen LogP contribution in [0.5, 0.6) is 0 Å². The number of aliphatic hydroxyl groups is 1. The number of hydrogen-bond acceptors (Lipinski definition) is 8. The van der Waals surface area contributed by atoms with Gasteiger partial charge in [0.25, 0.3) is 0 Å². The van der Waals surface area contributed by atoms with Crippen LogP contribution in [0.2, 0.25) is 0 Å². The molecule has 4 amide bonds. The van der Waals surface area contributed by atoms with E-state index in [9.17, 15) is 24.3 Å². The van der Waals surface area contributed by atoms with E-state index in [1.165, 1.54) is 6.92 Å². The molecule has 0 spiro atoms. The normalized spacial score (nSPS) is 35.6. The average molecular weight is 547 g/mol. The Hall–Kier alpha value is -3.06. The highest BCUT2D eigenvalue weighted by Gasteiger charge is 2.56. The largest absolute Gasteiger partial charge is 0.387 e. The Kier molecular flexibility index (Phi) is 8.60. The van der Waals surface area contributed by atoms with Crippen molar-refractivity contribution in [3.05, 3.63) is 35.9 Å². The van der Waals surface area contributed by atoms with Gasteiger partial charge < -0.3 is 40.6 Å². The van der Waals surface area contributed by atoms with E-state index in [1.54, 1.807) is 27.7 Å². The minimum atomic E-state index is -1.20. The number of carbonyl (C=O) groups is 4. The van der Waals surface area contributed by atoms with Gasteiger partial charge in [-0.2, -0.15) is 0 Å². The summed E-state index contributed by atoms with van der Waals surface area (Å²) in [6.07, 6.45) is -4.06. The predicted molar refractivity (Wildman–Crippen MR) is 138 cm³/mol. The first-order chi connectivity index (χ1) is 18.3. The molecule has 0 aromatic heterocycles. The molecule has 3 saturated heterocycles. The second kappa shape index (κ2) is 11.6. The number of amides is 4. The van der Waals surface area contributed by atoms with E-state index in [-0.39, 0.29) is 18.8 Å². The molecule has 3 aliphatic rings. The number of benzene rings is 1. The maximum atomic E-state index is 13.4. The van der Waals surface area contributed by atoms with Crippen LogP contribution in [-0.2, 0) is 39.8 Å². The van der Waals surface area contributed by atoms with Gasteiger partial charge in [0.2, 0.25) is 23.6 Å². The fraction of sp³-hybridized carbons (Fsp3) is 0.630. The Labute approximate surface area is 227 Å². The van der Waals surface area contributed by atoms with Crippen LogP contribution >= 0.6 is 0 Å². The van der Waals surface area contributed by atoms with Crippen LogP contribution in [0.3, 0.4) is 0 Å². The molecule has 3 heterocycles. The summed E-state index contributed by atoms with van der Waals surface area (Å²) in [5.41, 5.74) is 0.811. The SMILES string of the molecule is CC(C)[C@@H]1NC(=O)[C@H](Cc2ccccc2)NC(=O)C[C@@H](C2O[C@@H]3OC(C)(C)O[C@@H]3[C@H]2O)NC(=O)[C@H](C)NC1=O. The molecule has 3 fully saturated rings. The number of aliphatic hydroxyl groups excluding tert-OH is 1. The molecule has 0 aliphatic carbocycles. The second-order valence-corrected chi connectivity index (χ2v) is 11.1. The molecule has 1 unspecified atom stereocenters. The summed E-state index contributed by atoms with van der Waals surface area (Å²) < 4.78 is 17.4. The van der Waals surface area contributed by atoms with Crippen LogP contribution in [0.25, 0.3) is 0 Å². The van der Waals surface area contributed by atoms with Gasteiger partial charge in [-0.25, -0.2) is 0 Å². The monoisotopic (exact) mass is 546 g/mol. The minimum absolute atomic E-state index is 0.182. The number of ether oxygens (including phenoxy) is 3. The second-order valence-electron chi connectivity index (χ2n) is 11.1. The molecule has 4 rings (SSSR count). The highest BCUT2D eigenvalue weighted by Crippen LogP contribution is 2.38. The van der Waals surface area contributed by atoms with Crippen LogP contribution in [-0.4, -0.2) is 83.3 Å². The van der Waals surface area contributed by atoms with E-state index in [0.29, 0.717) is 0 Å². The molecular formula is C27H38N4O8. The first kappa shape index (κ1) is 28.9. The standard InChI is InChI=1S/C27H38N4O8/c1-13(2)19-25(36)28-14(3)23(34)30-16(21-20(33)22-26(37-21)39-27(4,5)38-22)12-18(32)29-17(24(35)31-19)11-15-9-7-6-8-10-15/h6-10,13-14,16-17,19-22,26,33H,11-12H2,1-5H3,(H,28,36)(H,29,32)(H,30,34)(H,31,35)/t14-,16-,17-,19-,20-,21?,22+,26+/m0/s1. The predicted octanol–water partition coefficient (Wildman–Crippen LogP) is -0.515. The van der Waals surface area contributed by atoms with Crippen molar-refractivity contribution in [2.45, 2.75) is 102 Å². The van der Waals surface area contributed by atoms with E-state index in [1.807, 2.05) is 30.3 Å². The minimum Gasteiger partial charge on any atom is -0.387 e. The topological polar surface area (TPSA) is 164 Å². The molecule has 214 valence electrons. The van der Waals surface area contributed by atoms with Crippen molar-refractivity contribution in [2.75, 3.05) is 0 Å². The average Bonchev–Trinajstić information content (AvgIpc) is 3.32. The highest BCUT2D eigenvalue weighted by molar-refractivity contribution is 5.95. The summed E-state index contributed by atoms with van der Waals surface area (Å²) in [6, 6.07) is 5.24. The van der Waals surface area contributed by atoms with Crippen molar-refractivity contribution in [3.8, 4) is 0 Å². The first-order valence-corrected chi connectivity index (χ1v) is 13.3. The summed E-state index contributed by atoms with van der Waals surface area (Å²) in [6.45, 7) is 8.43. The van der Waals surface area contributed by atoms with Crippen LogP contribution in [0.15, 0.2) is 30.3 Å². The third-order valence-corrected chi connectivity index (χ3v) is 7.12. The van der Waals surface area contributed by atoms with E-state index in [0.717, 1.165) is 5.56 Å². The van der Waals surface area contributed by atoms with Crippen LogP contribution in [0, 0.1) is 5.92 Å². The Morgan fingerprint density at radius 2 is 1.62 bits per heavy atom.